The third kappa shape index (κ3) is 5.63. The van der Waals surface area contributed by atoms with E-state index in [-0.39, 0.29) is 4.90 Å². The van der Waals surface area contributed by atoms with Crippen molar-refractivity contribution in [3.05, 3.63) is 84.5 Å². The lowest BCUT2D eigenvalue weighted by molar-refractivity contribution is -0.0950. The summed E-state index contributed by atoms with van der Waals surface area (Å²) < 4.78 is 46.9. The van der Waals surface area contributed by atoms with Crippen LogP contribution in [-0.4, -0.2) is 45.3 Å². The summed E-state index contributed by atoms with van der Waals surface area (Å²) in [5.41, 5.74) is 2.77. The molecule has 38 heavy (non-hydrogen) atoms. The lowest BCUT2D eigenvalue weighted by atomic mass is 9.87. The molecule has 2 aromatic heterocycles. The van der Waals surface area contributed by atoms with E-state index in [9.17, 15) is 8.42 Å². The summed E-state index contributed by atoms with van der Waals surface area (Å²) in [6, 6.07) is 17.8. The van der Waals surface area contributed by atoms with Gasteiger partial charge in [0.25, 0.3) is 0 Å². The van der Waals surface area contributed by atoms with Crippen molar-refractivity contribution in [3.63, 3.8) is 0 Å². The minimum Gasteiger partial charge on any atom is -0.491 e. The van der Waals surface area contributed by atoms with Crippen LogP contribution in [0.3, 0.4) is 0 Å². The van der Waals surface area contributed by atoms with E-state index >= 15 is 0 Å². The molecule has 198 valence electrons. The van der Waals surface area contributed by atoms with Crippen LogP contribution in [0, 0.1) is 0 Å². The average molecular weight is 536 g/mol. The molecule has 4 aromatic rings. The highest BCUT2D eigenvalue weighted by Gasteiger charge is 2.35. The van der Waals surface area contributed by atoms with Crippen molar-refractivity contribution in [2.75, 3.05) is 26.9 Å². The van der Waals surface area contributed by atoms with Crippen LogP contribution in [-0.2, 0) is 31.5 Å². The molecule has 0 atom stereocenters. The van der Waals surface area contributed by atoms with E-state index in [4.69, 9.17) is 28.8 Å². The molecule has 2 aromatic carbocycles. The molecule has 9 nitrogen and oxygen atoms in total. The van der Waals surface area contributed by atoms with Crippen LogP contribution in [0.5, 0.6) is 5.75 Å². The summed E-state index contributed by atoms with van der Waals surface area (Å²) in [6.07, 6.45) is 5.43. The maximum absolute atomic E-state index is 11.7. The maximum Gasteiger partial charge on any atom is 0.238 e. The zero-order chi connectivity index (χ0) is 26.6. The summed E-state index contributed by atoms with van der Waals surface area (Å²) in [7, 11) is -2.08. The Hall–Kier alpha value is -3.57. The Bertz CT molecular complexity index is 1480. The summed E-state index contributed by atoms with van der Waals surface area (Å²) in [4.78, 5) is 9.13. The number of oxazole rings is 1. The zero-order valence-corrected chi connectivity index (χ0v) is 21.8. The molecule has 2 N–H and O–H groups in total. The lowest BCUT2D eigenvalue weighted by Crippen LogP contribution is -2.35. The number of hydrogen-bond donors (Lipinski definition) is 1. The number of nitrogens with two attached hydrogens (primary N) is 1. The van der Waals surface area contributed by atoms with Crippen molar-refractivity contribution in [2.45, 2.75) is 29.8 Å². The van der Waals surface area contributed by atoms with Gasteiger partial charge in [-0.1, -0.05) is 30.3 Å². The Balaban J connectivity index is 1.35. The summed E-state index contributed by atoms with van der Waals surface area (Å²) in [5, 5.41) is 5.25. The maximum atomic E-state index is 11.7. The highest BCUT2D eigenvalue weighted by molar-refractivity contribution is 7.89. The van der Waals surface area contributed by atoms with Gasteiger partial charge in [-0.3, -0.25) is 4.98 Å². The molecule has 0 spiro atoms. The first-order chi connectivity index (χ1) is 18.4. The van der Waals surface area contributed by atoms with E-state index in [0.717, 1.165) is 24.0 Å². The topological polar surface area (TPSA) is 127 Å². The number of methoxy groups -OCH3 is 1. The molecule has 0 unspecified atom stereocenters. The standard InChI is InChI=1S/C28H29N3O6S/c1-34-28(12-15-35-16-13-28)22-17-23(19-30-18-22)36-14-11-25-31-26(20-5-3-2-4-6-20)27(37-25)21-7-9-24(10-8-21)38(29,32)33/h2-10,17-19H,11-16H2,1H3,(H2,29,32,33). The fourth-order valence-corrected chi connectivity index (χ4v) is 5.09. The Morgan fingerprint density at radius 3 is 2.42 bits per heavy atom. The molecule has 1 saturated heterocycles. The smallest absolute Gasteiger partial charge is 0.238 e. The van der Waals surface area contributed by atoms with Gasteiger partial charge >= 0.3 is 0 Å². The molecule has 3 heterocycles. The van der Waals surface area contributed by atoms with Crippen molar-refractivity contribution in [3.8, 4) is 28.3 Å². The number of aromatic nitrogens is 2. The zero-order valence-electron chi connectivity index (χ0n) is 21.0. The van der Waals surface area contributed by atoms with Crippen molar-refractivity contribution >= 4 is 10.0 Å². The number of nitrogens with zero attached hydrogens (tertiary/aromatic N) is 2. The number of hydrogen-bond acceptors (Lipinski definition) is 8. The normalized spacial score (nSPS) is 15.3. The van der Waals surface area contributed by atoms with Crippen molar-refractivity contribution in [2.24, 2.45) is 5.14 Å². The molecule has 0 saturated carbocycles. The number of benzene rings is 2. The van der Waals surface area contributed by atoms with Gasteiger partial charge in [-0.15, -0.1) is 0 Å². The molecule has 0 aliphatic carbocycles. The number of sulfonamides is 1. The number of primary sulfonamides is 1. The first-order valence-electron chi connectivity index (χ1n) is 12.3. The monoisotopic (exact) mass is 535 g/mol. The number of rotatable bonds is 9. The van der Waals surface area contributed by atoms with Crippen LogP contribution in [0.15, 0.2) is 82.4 Å². The first kappa shape index (κ1) is 26.1. The highest BCUT2D eigenvalue weighted by atomic mass is 32.2. The molecular formula is C28H29N3O6S. The van der Waals surface area contributed by atoms with Crippen molar-refractivity contribution in [1.82, 2.24) is 9.97 Å². The summed E-state index contributed by atoms with van der Waals surface area (Å²) in [5.74, 6) is 1.67. The van der Waals surface area contributed by atoms with Gasteiger partial charge in [-0.25, -0.2) is 18.5 Å². The van der Waals surface area contributed by atoms with E-state index in [1.165, 1.54) is 12.1 Å². The predicted octanol–water partition coefficient (Wildman–Crippen LogP) is 4.32. The van der Waals surface area contributed by atoms with E-state index in [1.54, 1.807) is 25.4 Å². The first-order valence-corrected chi connectivity index (χ1v) is 13.8. The Morgan fingerprint density at radius 1 is 1.00 bits per heavy atom. The van der Waals surface area contributed by atoms with Gasteiger partial charge < -0.3 is 18.6 Å². The van der Waals surface area contributed by atoms with Crippen molar-refractivity contribution < 1.29 is 27.0 Å². The quantitative estimate of drug-likeness (QED) is 0.336. The van der Waals surface area contributed by atoms with Crippen LogP contribution in [0.2, 0.25) is 0 Å². The van der Waals surface area contributed by atoms with Gasteiger partial charge in [0.2, 0.25) is 10.0 Å². The SMILES string of the molecule is COC1(c2cncc(OCCc3nc(-c4ccccc4)c(-c4ccc(S(N)(=O)=O)cc4)o3)c2)CCOCC1. The summed E-state index contributed by atoms with van der Waals surface area (Å²) in [6.45, 7) is 1.60. The third-order valence-corrected chi connectivity index (χ3v) is 7.61. The molecule has 1 fully saturated rings. The fraction of sp³-hybridized carbons (Fsp3) is 0.286. The van der Waals surface area contributed by atoms with E-state index < -0.39 is 15.6 Å². The molecular weight excluding hydrogens is 506 g/mol. The van der Waals surface area contributed by atoms with Gasteiger partial charge in [0, 0.05) is 56.1 Å². The second-order valence-electron chi connectivity index (χ2n) is 9.04. The number of ether oxygens (including phenoxy) is 3. The van der Waals surface area contributed by atoms with Crippen LogP contribution in [0.1, 0.15) is 24.3 Å². The number of pyridine rings is 1. The highest BCUT2D eigenvalue weighted by Crippen LogP contribution is 2.37. The van der Waals surface area contributed by atoms with Crippen LogP contribution < -0.4 is 9.88 Å². The Labute approximate surface area is 221 Å². The average Bonchev–Trinajstić information content (AvgIpc) is 3.38. The van der Waals surface area contributed by atoms with Crippen LogP contribution in [0.4, 0.5) is 0 Å². The molecule has 0 amide bonds. The Kier molecular flexibility index (Phi) is 7.57. The third-order valence-electron chi connectivity index (χ3n) is 6.68. The Morgan fingerprint density at radius 2 is 1.74 bits per heavy atom. The molecule has 1 aliphatic rings. The van der Waals surface area contributed by atoms with Crippen LogP contribution >= 0.6 is 0 Å². The minimum atomic E-state index is -3.80. The van der Waals surface area contributed by atoms with Gasteiger partial charge in [-0.05, 0) is 30.3 Å². The largest absolute Gasteiger partial charge is 0.491 e. The fourth-order valence-electron chi connectivity index (χ4n) is 4.57. The molecule has 5 rings (SSSR count). The second-order valence-corrected chi connectivity index (χ2v) is 10.6. The molecule has 0 bridgehead atoms. The van der Waals surface area contributed by atoms with Gasteiger partial charge in [0.05, 0.1) is 29.7 Å². The van der Waals surface area contributed by atoms with Gasteiger partial charge in [0.1, 0.15) is 11.4 Å². The van der Waals surface area contributed by atoms with Crippen molar-refractivity contribution in [1.29, 1.82) is 0 Å². The van der Waals surface area contributed by atoms with Gasteiger partial charge in [-0.2, -0.15) is 0 Å². The van der Waals surface area contributed by atoms with Crippen LogP contribution in [0.25, 0.3) is 22.6 Å². The van der Waals surface area contributed by atoms with E-state index in [1.807, 2.05) is 42.6 Å². The summed E-state index contributed by atoms with van der Waals surface area (Å²) >= 11 is 0. The van der Waals surface area contributed by atoms with Gasteiger partial charge in [0.15, 0.2) is 11.7 Å². The molecule has 1 aliphatic heterocycles. The minimum absolute atomic E-state index is 0.0301. The van der Waals surface area contributed by atoms with E-state index in [2.05, 4.69) is 4.98 Å². The second kappa shape index (κ2) is 11.0. The molecule has 10 heteroatoms. The van der Waals surface area contributed by atoms with E-state index in [0.29, 0.717) is 54.9 Å². The predicted molar refractivity (Wildman–Crippen MR) is 141 cm³/mol. The lowest BCUT2D eigenvalue weighted by Gasteiger charge is -2.36. The molecule has 0 radical (unpaired) electrons.